The number of nitrogens with one attached hydrogen (secondary N) is 1. The van der Waals surface area contributed by atoms with Crippen LogP contribution in [0, 0.1) is 0 Å². The third-order valence-electron chi connectivity index (χ3n) is 3.49. The first-order valence-corrected chi connectivity index (χ1v) is 9.37. The zero-order valence-electron chi connectivity index (χ0n) is 15.6. The fraction of sp³-hybridized carbons (Fsp3) is 0.316. The van der Waals surface area contributed by atoms with Gasteiger partial charge >= 0.3 is 0 Å². The van der Waals surface area contributed by atoms with Gasteiger partial charge in [-0.1, -0.05) is 22.6 Å². The first-order chi connectivity index (χ1) is 12.9. The van der Waals surface area contributed by atoms with Crippen LogP contribution in [-0.2, 0) is 4.79 Å². The number of hydrogen-bond acceptors (Lipinski definition) is 7. The van der Waals surface area contributed by atoms with Gasteiger partial charge in [0.25, 0.3) is 5.19 Å². The lowest BCUT2D eigenvalue weighted by atomic mass is 10.2. The van der Waals surface area contributed by atoms with Crippen LogP contribution < -0.4 is 14.8 Å². The molecular formula is C19H21N3O4S. The van der Waals surface area contributed by atoms with Crippen LogP contribution in [0.4, 0.5) is 0 Å². The number of hydrogen-bond donors (Lipinski definition) is 1. The summed E-state index contributed by atoms with van der Waals surface area (Å²) in [6, 6.07) is 8.95. The fourth-order valence-electron chi connectivity index (χ4n) is 2.39. The van der Waals surface area contributed by atoms with Crippen molar-refractivity contribution < 1.29 is 18.8 Å². The quantitative estimate of drug-likeness (QED) is 0.639. The Morgan fingerprint density at radius 1 is 1.22 bits per heavy atom. The Balaban J connectivity index is 1.70. The maximum Gasteiger partial charge on any atom is 0.279 e. The molecule has 0 saturated carbocycles. The molecule has 0 fully saturated rings. The van der Waals surface area contributed by atoms with Crippen LogP contribution in [-0.4, -0.2) is 22.2 Å². The molecule has 0 aliphatic carbocycles. The molecule has 1 aromatic carbocycles. The van der Waals surface area contributed by atoms with Crippen molar-refractivity contribution in [3.63, 3.8) is 0 Å². The average Bonchev–Trinajstić information content (AvgIpc) is 3.23. The summed E-state index contributed by atoms with van der Waals surface area (Å²) in [5.41, 5.74) is 0.645. The SMILES string of the molecule is CC(=O)NC(C)c1cc(-c2cnc(Oc3cccc(OC(C)C)c3)s2)no1. The Kier molecular flexibility index (Phi) is 5.75. The molecule has 0 spiro atoms. The van der Waals surface area contributed by atoms with Crippen LogP contribution in [0.5, 0.6) is 16.7 Å². The van der Waals surface area contributed by atoms with E-state index >= 15 is 0 Å². The summed E-state index contributed by atoms with van der Waals surface area (Å²) in [5.74, 6) is 1.84. The van der Waals surface area contributed by atoms with Crippen LogP contribution in [0.25, 0.3) is 10.6 Å². The van der Waals surface area contributed by atoms with Crippen LogP contribution in [0.1, 0.15) is 39.5 Å². The van der Waals surface area contributed by atoms with Gasteiger partial charge in [-0.25, -0.2) is 4.98 Å². The van der Waals surface area contributed by atoms with Crippen molar-refractivity contribution in [2.24, 2.45) is 0 Å². The Bertz CT molecular complexity index is 919. The smallest absolute Gasteiger partial charge is 0.279 e. The van der Waals surface area contributed by atoms with Crippen molar-refractivity contribution in [3.8, 4) is 27.3 Å². The van der Waals surface area contributed by atoms with E-state index in [1.165, 1.54) is 18.3 Å². The number of ether oxygens (including phenoxy) is 2. The molecule has 0 bridgehead atoms. The number of thiazole rings is 1. The highest BCUT2D eigenvalue weighted by molar-refractivity contribution is 7.16. The number of rotatable bonds is 7. The van der Waals surface area contributed by atoms with Gasteiger partial charge in [0, 0.05) is 19.1 Å². The molecule has 1 unspecified atom stereocenters. The number of aromatic nitrogens is 2. The fourth-order valence-corrected chi connectivity index (χ4v) is 3.13. The van der Waals surface area contributed by atoms with E-state index in [9.17, 15) is 4.79 Å². The monoisotopic (exact) mass is 387 g/mol. The lowest BCUT2D eigenvalue weighted by molar-refractivity contribution is -0.119. The van der Waals surface area contributed by atoms with Gasteiger partial charge in [-0.3, -0.25) is 4.79 Å². The molecule has 0 saturated heterocycles. The Labute approximate surface area is 161 Å². The Hall–Kier alpha value is -2.87. The highest BCUT2D eigenvalue weighted by Crippen LogP contribution is 2.34. The number of amides is 1. The van der Waals surface area contributed by atoms with Gasteiger partial charge in [0.15, 0.2) is 5.76 Å². The van der Waals surface area contributed by atoms with Gasteiger partial charge < -0.3 is 19.3 Å². The maximum absolute atomic E-state index is 11.2. The lowest BCUT2D eigenvalue weighted by Crippen LogP contribution is -2.23. The van der Waals surface area contributed by atoms with Gasteiger partial charge in [-0.15, -0.1) is 0 Å². The summed E-state index contributed by atoms with van der Waals surface area (Å²) in [7, 11) is 0. The van der Waals surface area contributed by atoms with Crippen molar-refractivity contribution in [2.45, 2.75) is 39.8 Å². The number of carbonyl (C=O) groups excluding carboxylic acids is 1. The van der Waals surface area contributed by atoms with Crippen molar-refractivity contribution in [1.82, 2.24) is 15.5 Å². The molecule has 7 nitrogen and oxygen atoms in total. The minimum Gasteiger partial charge on any atom is -0.491 e. The first-order valence-electron chi connectivity index (χ1n) is 8.55. The normalized spacial score (nSPS) is 12.0. The summed E-state index contributed by atoms with van der Waals surface area (Å²) in [4.78, 5) is 16.3. The summed E-state index contributed by atoms with van der Waals surface area (Å²) in [6.07, 6.45) is 1.77. The van der Waals surface area contributed by atoms with Crippen LogP contribution in [0.15, 0.2) is 41.1 Å². The molecular weight excluding hydrogens is 366 g/mol. The summed E-state index contributed by atoms with van der Waals surface area (Å²) >= 11 is 1.36. The molecule has 1 amide bonds. The predicted molar refractivity (Wildman–Crippen MR) is 102 cm³/mol. The zero-order valence-corrected chi connectivity index (χ0v) is 16.4. The van der Waals surface area contributed by atoms with Crippen molar-refractivity contribution >= 4 is 17.2 Å². The van der Waals surface area contributed by atoms with Gasteiger partial charge in [0.2, 0.25) is 5.91 Å². The minimum absolute atomic E-state index is 0.0907. The Morgan fingerprint density at radius 2 is 2.00 bits per heavy atom. The minimum atomic E-state index is -0.254. The van der Waals surface area contributed by atoms with Crippen molar-refractivity contribution in [2.75, 3.05) is 0 Å². The molecule has 1 atom stereocenters. The van der Waals surface area contributed by atoms with Crippen LogP contribution >= 0.6 is 11.3 Å². The van der Waals surface area contributed by atoms with Crippen molar-refractivity contribution in [1.29, 1.82) is 0 Å². The van der Waals surface area contributed by atoms with Gasteiger partial charge in [-0.05, 0) is 32.9 Å². The van der Waals surface area contributed by atoms with Gasteiger partial charge in [0.05, 0.1) is 23.2 Å². The van der Waals surface area contributed by atoms with Crippen molar-refractivity contribution in [3.05, 3.63) is 42.3 Å². The molecule has 3 aromatic rings. The molecule has 8 heteroatoms. The predicted octanol–water partition coefficient (Wildman–Crippen LogP) is 4.57. The molecule has 0 radical (unpaired) electrons. The molecule has 27 heavy (non-hydrogen) atoms. The maximum atomic E-state index is 11.2. The third-order valence-corrected chi connectivity index (χ3v) is 4.39. The highest BCUT2D eigenvalue weighted by Gasteiger charge is 2.16. The average molecular weight is 387 g/mol. The van der Waals surface area contributed by atoms with Crippen LogP contribution in [0.2, 0.25) is 0 Å². The van der Waals surface area contributed by atoms with E-state index in [1.807, 2.05) is 45.0 Å². The molecule has 1 N–H and O–H groups in total. The molecule has 0 aliphatic rings. The largest absolute Gasteiger partial charge is 0.491 e. The molecule has 0 aliphatic heterocycles. The van der Waals surface area contributed by atoms with E-state index in [2.05, 4.69) is 15.5 Å². The Morgan fingerprint density at radius 3 is 2.74 bits per heavy atom. The number of carbonyl (C=O) groups is 1. The summed E-state index contributed by atoms with van der Waals surface area (Å²) in [6.45, 7) is 7.24. The van der Waals surface area contributed by atoms with E-state index in [0.717, 1.165) is 10.6 Å². The van der Waals surface area contributed by atoms with E-state index < -0.39 is 0 Å². The van der Waals surface area contributed by atoms with Gasteiger partial charge in [-0.2, -0.15) is 0 Å². The molecule has 3 rings (SSSR count). The molecule has 2 heterocycles. The summed E-state index contributed by atoms with van der Waals surface area (Å²) in [5, 5.41) is 7.30. The highest BCUT2D eigenvalue weighted by atomic mass is 32.1. The first kappa shape index (κ1) is 18.9. The second-order valence-electron chi connectivity index (χ2n) is 6.27. The van der Waals surface area contributed by atoms with E-state index in [-0.39, 0.29) is 18.1 Å². The second kappa shape index (κ2) is 8.22. The standard InChI is InChI=1S/C19H21N3O4S/c1-11(2)24-14-6-5-7-15(8-14)25-19-20-10-18(27-19)16-9-17(26-22-16)12(3)21-13(4)23/h5-12H,1-4H3,(H,21,23). The number of benzene rings is 1. The second-order valence-corrected chi connectivity index (χ2v) is 7.26. The van der Waals surface area contributed by atoms with E-state index in [4.69, 9.17) is 14.0 Å². The third kappa shape index (κ3) is 5.07. The molecule has 142 valence electrons. The van der Waals surface area contributed by atoms with E-state index in [1.54, 1.807) is 12.3 Å². The number of nitrogens with zero attached hydrogens (tertiary/aromatic N) is 2. The topological polar surface area (TPSA) is 86.5 Å². The van der Waals surface area contributed by atoms with E-state index in [0.29, 0.717) is 22.4 Å². The molecule has 2 aromatic heterocycles. The lowest BCUT2D eigenvalue weighted by Gasteiger charge is -2.10. The van der Waals surface area contributed by atoms with Gasteiger partial charge in [0.1, 0.15) is 17.2 Å². The van der Waals surface area contributed by atoms with Crippen LogP contribution in [0.3, 0.4) is 0 Å². The zero-order chi connectivity index (χ0) is 19.4. The summed E-state index contributed by atoms with van der Waals surface area (Å²) < 4.78 is 16.8.